The number of carbonyl (C=O) groups is 1. The second kappa shape index (κ2) is 8.14. The molecule has 1 aromatic carbocycles. The number of ketones is 1. The fourth-order valence-electron chi connectivity index (χ4n) is 4.54. The standard InChI is InChI=1S/C23H34N2O2/c1-23(2)14-17-12-22(27-5)18(15-25(3)4)11-19(17)20(24-23)13-21(26)16-9-7-6-8-10-16/h11-12,16H,6-10,13-15H2,1-5H3. The quantitative estimate of drug-likeness (QED) is 0.744. The van der Waals surface area contributed by atoms with E-state index in [-0.39, 0.29) is 11.5 Å². The largest absolute Gasteiger partial charge is 0.496 e. The number of Topliss-reactive ketones (excluding diaryl/α,β-unsaturated/α-hetero) is 1. The summed E-state index contributed by atoms with van der Waals surface area (Å²) in [6, 6.07) is 4.37. The predicted octanol–water partition coefficient (Wildman–Crippen LogP) is 4.42. The Labute approximate surface area is 164 Å². The minimum atomic E-state index is -0.177. The topological polar surface area (TPSA) is 41.9 Å². The third-order valence-corrected chi connectivity index (χ3v) is 5.77. The van der Waals surface area contributed by atoms with Gasteiger partial charge in [0.1, 0.15) is 11.5 Å². The average molecular weight is 371 g/mol. The highest BCUT2D eigenvalue weighted by Gasteiger charge is 2.31. The molecule has 1 heterocycles. The molecule has 0 bridgehead atoms. The summed E-state index contributed by atoms with van der Waals surface area (Å²) in [5, 5.41) is 0. The molecule has 0 atom stereocenters. The van der Waals surface area contributed by atoms with Crippen LogP contribution in [0, 0.1) is 5.92 Å². The van der Waals surface area contributed by atoms with Crippen molar-refractivity contribution in [2.75, 3.05) is 21.2 Å². The summed E-state index contributed by atoms with van der Waals surface area (Å²) in [4.78, 5) is 20.1. The van der Waals surface area contributed by atoms with Crippen LogP contribution in [0.1, 0.15) is 69.1 Å². The molecule has 3 rings (SSSR count). The summed E-state index contributed by atoms with van der Waals surface area (Å²) in [5.41, 5.74) is 4.35. The SMILES string of the molecule is COc1cc2c(cc1CN(C)C)C(CC(=O)C1CCCCC1)=NC(C)(C)C2. The molecule has 0 amide bonds. The van der Waals surface area contributed by atoms with Gasteiger partial charge in [-0.2, -0.15) is 0 Å². The number of hydrogen-bond acceptors (Lipinski definition) is 4. The van der Waals surface area contributed by atoms with Crippen molar-refractivity contribution >= 4 is 11.5 Å². The lowest BCUT2D eigenvalue weighted by Gasteiger charge is -2.31. The first-order valence-electron chi connectivity index (χ1n) is 10.3. The van der Waals surface area contributed by atoms with Gasteiger partial charge in [-0.1, -0.05) is 19.3 Å². The number of aliphatic imine (C=N–C) groups is 1. The van der Waals surface area contributed by atoms with Crippen LogP contribution >= 0.6 is 0 Å². The first kappa shape index (κ1) is 20.1. The van der Waals surface area contributed by atoms with E-state index in [4.69, 9.17) is 9.73 Å². The predicted molar refractivity (Wildman–Crippen MR) is 111 cm³/mol. The van der Waals surface area contributed by atoms with Crippen LogP contribution in [-0.4, -0.2) is 43.1 Å². The van der Waals surface area contributed by atoms with Gasteiger partial charge in [-0.25, -0.2) is 0 Å². The monoisotopic (exact) mass is 370 g/mol. The molecule has 1 aromatic rings. The van der Waals surface area contributed by atoms with Crippen LogP contribution in [0.2, 0.25) is 0 Å². The van der Waals surface area contributed by atoms with Crippen LogP contribution < -0.4 is 4.74 Å². The van der Waals surface area contributed by atoms with Gasteiger partial charge in [-0.3, -0.25) is 9.79 Å². The Kier molecular flexibility index (Phi) is 6.05. The van der Waals surface area contributed by atoms with Crippen LogP contribution in [0.15, 0.2) is 17.1 Å². The van der Waals surface area contributed by atoms with Crippen LogP contribution in [0.4, 0.5) is 0 Å². The molecule has 4 heteroatoms. The molecule has 0 spiro atoms. The van der Waals surface area contributed by atoms with Crippen molar-refractivity contribution in [2.24, 2.45) is 10.9 Å². The lowest BCUT2D eigenvalue weighted by Crippen LogP contribution is -2.31. The second-order valence-corrected chi connectivity index (χ2v) is 9.08. The molecule has 1 aliphatic heterocycles. The number of fused-ring (bicyclic) bond motifs is 1. The van der Waals surface area contributed by atoms with E-state index in [9.17, 15) is 4.79 Å². The molecule has 0 radical (unpaired) electrons. The van der Waals surface area contributed by atoms with Gasteiger partial charge < -0.3 is 9.64 Å². The zero-order valence-corrected chi connectivity index (χ0v) is 17.6. The highest BCUT2D eigenvalue weighted by molar-refractivity contribution is 6.13. The van der Waals surface area contributed by atoms with Gasteiger partial charge in [0, 0.05) is 24.4 Å². The summed E-state index contributed by atoms with van der Waals surface area (Å²) in [6.45, 7) is 5.12. The number of carbonyl (C=O) groups excluding carboxylic acids is 1. The highest BCUT2D eigenvalue weighted by Crippen LogP contribution is 2.34. The number of nitrogens with zero attached hydrogens (tertiary/aromatic N) is 2. The molecule has 0 aromatic heterocycles. The van der Waals surface area contributed by atoms with E-state index in [1.807, 2.05) is 0 Å². The van der Waals surface area contributed by atoms with Crippen molar-refractivity contribution in [1.82, 2.24) is 4.90 Å². The zero-order valence-electron chi connectivity index (χ0n) is 17.6. The van der Waals surface area contributed by atoms with Gasteiger partial charge in [-0.05, 0) is 70.5 Å². The summed E-state index contributed by atoms with van der Waals surface area (Å²) >= 11 is 0. The number of benzene rings is 1. The highest BCUT2D eigenvalue weighted by atomic mass is 16.5. The number of rotatable bonds is 6. The Bertz CT molecular complexity index is 728. The van der Waals surface area contributed by atoms with E-state index < -0.39 is 0 Å². The van der Waals surface area contributed by atoms with E-state index in [0.717, 1.165) is 48.4 Å². The van der Waals surface area contributed by atoms with Gasteiger partial charge in [0.05, 0.1) is 18.4 Å². The van der Waals surface area contributed by atoms with Crippen molar-refractivity contribution in [1.29, 1.82) is 0 Å². The molecule has 2 aliphatic rings. The van der Waals surface area contributed by atoms with Crippen LogP contribution in [0.25, 0.3) is 0 Å². The van der Waals surface area contributed by atoms with Gasteiger partial charge in [0.2, 0.25) is 0 Å². The molecule has 0 saturated heterocycles. The molecular weight excluding hydrogens is 336 g/mol. The Morgan fingerprint density at radius 2 is 1.93 bits per heavy atom. The number of hydrogen-bond donors (Lipinski definition) is 0. The fraction of sp³-hybridized carbons (Fsp3) is 0.652. The maximum absolute atomic E-state index is 13.0. The van der Waals surface area contributed by atoms with Gasteiger partial charge >= 0.3 is 0 Å². The summed E-state index contributed by atoms with van der Waals surface area (Å²) < 4.78 is 5.66. The molecule has 27 heavy (non-hydrogen) atoms. The zero-order chi connectivity index (χ0) is 19.6. The van der Waals surface area contributed by atoms with E-state index >= 15 is 0 Å². The maximum atomic E-state index is 13.0. The Morgan fingerprint density at radius 1 is 1.22 bits per heavy atom. The van der Waals surface area contributed by atoms with Crippen LogP contribution in [0.5, 0.6) is 5.75 Å². The number of ether oxygens (including phenoxy) is 1. The molecule has 1 aliphatic carbocycles. The molecule has 4 nitrogen and oxygen atoms in total. The maximum Gasteiger partial charge on any atom is 0.141 e. The third kappa shape index (κ3) is 4.78. The van der Waals surface area contributed by atoms with Crippen molar-refractivity contribution in [3.8, 4) is 5.75 Å². The van der Waals surface area contributed by atoms with E-state index in [0.29, 0.717) is 12.2 Å². The molecule has 148 valence electrons. The van der Waals surface area contributed by atoms with Gasteiger partial charge in [0.25, 0.3) is 0 Å². The lowest BCUT2D eigenvalue weighted by molar-refractivity contribution is -0.122. The Balaban J connectivity index is 1.93. The summed E-state index contributed by atoms with van der Waals surface area (Å²) in [5.74, 6) is 1.54. The minimum Gasteiger partial charge on any atom is -0.496 e. The van der Waals surface area contributed by atoms with Gasteiger partial charge in [-0.15, -0.1) is 0 Å². The van der Waals surface area contributed by atoms with Gasteiger partial charge in [0.15, 0.2) is 0 Å². The molecule has 1 fully saturated rings. The Morgan fingerprint density at radius 3 is 2.56 bits per heavy atom. The normalized spacial score (nSPS) is 19.6. The summed E-state index contributed by atoms with van der Waals surface area (Å²) in [7, 11) is 5.85. The van der Waals surface area contributed by atoms with E-state index in [2.05, 4.69) is 45.0 Å². The van der Waals surface area contributed by atoms with Crippen LogP contribution in [0.3, 0.4) is 0 Å². The average Bonchev–Trinajstić information content (AvgIpc) is 2.61. The smallest absolute Gasteiger partial charge is 0.141 e. The first-order valence-corrected chi connectivity index (χ1v) is 10.3. The summed E-state index contributed by atoms with van der Waals surface area (Å²) in [6.07, 6.45) is 7.10. The first-order chi connectivity index (χ1) is 12.8. The molecular formula is C23H34N2O2. The van der Waals surface area contributed by atoms with Crippen molar-refractivity contribution < 1.29 is 9.53 Å². The fourth-order valence-corrected chi connectivity index (χ4v) is 4.54. The van der Waals surface area contributed by atoms with E-state index in [1.54, 1.807) is 7.11 Å². The van der Waals surface area contributed by atoms with E-state index in [1.165, 1.54) is 24.8 Å². The van der Waals surface area contributed by atoms with Crippen molar-refractivity contribution in [2.45, 2.75) is 70.9 Å². The Hall–Kier alpha value is -1.68. The van der Waals surface area contributed by atoms with Crippen LogP contribution in [-0.2, 0) is 17.8 Å². The number of methoxy groups -OCH3 is 1. The third-order valence-electron chi connectivity index (χ3n) is 5.77. The molecule has 1 saturated carbocycles. The van der Waals surface area contributed by atoms with Crippen molar-refractivity contribution in [3.63, 3.8) is 0 Å². The molecule has 0 unspecified atom stereocenters. The lowest BCUT2D eigenvalue weighted by atomic mass is 9.81. The second-order valence-electron chi connectivity index (χ2n) is 9.08. The minimum absolute atomic E-state index is 0.177. The van der Waals surface area contributed by atoms with Crippen molar-refractivity contribution in [3.05, 3.63) is 28.8 Å². The molecule has 0 N–H and O–H groups in total.